The molecule has 0 saturated carbocycles. The number of methoxy groups -OCH3 is 1. The zero-order valence-electron chi connectivity index (χ0n) is 9.62. The first-order valence-corrected chi connectivity index (χ1v) is 6.01. The van der Waals surface area contributed by atoms with Gasteiger partial charge in [-0.15, -0.1) is 11.3 Å². The molecular weight excluding hydrogens is 254 g/mol. The van der Waals surface area contributed by atoms with Gasteiger partial charge in [0, 0.05) is 6.07 Å². The Labute approximate surface area is 108 Å². The highest BCUT2D eigenvalue weighted by molar-refractivity contribution is 7.09. The predicted molar refractivity (Wildman–Crippen MR) is 66.4 cm³/mol. The molecule has 0 atom stereocenters. The maximum Gasteiger partial charge on any atom is 0.355 e. The first-order valence-electron chi connectivity index (χ1n) is 5.13. The van der Waals surface area contributed by atoms with Gasteiger partial charge in [-0.1, -0.05) is 6.07 Å². The smallest absolute Gasteiger partial charge is 0.355 e. The molecule has 0 unspecified atom stereocenters. The van der Waals surface area contributed by atoms with E-state index in [1.165, 1.54) is 16.8 Å². The van der Waals surface area contributed by atoms with Crippen LogP contribution < -0.4 is 9.47 Å². The van der Waals surface area contributed by atoms with Gasteiger partial charge in [-0.05, 0) is 12.1 Å². The van der Waals surface area contributed by atoms with Gasteiger partial charge in [-0.3, -0.25) is 0 Å². The fourth-order valence-electron chi connectivity index (χ4n) is 1.39. The highest BCUT2D eigenvalue weighted by Crippen LogP contribution is 2.21. The van der Waals surface area contributed by atoms with Crippen molar-refractivity contribution in [1.82, 2.24) is 4.98 Å². The summed E-state index contributed by atoms with van der Waals surface area (Å²) in [5.74, 6) is 0.273. The lowest BCUT2D eigenvalue weighted by molar-refractivity contribution is 0.0688. The average molecular weight is 265 g/mol. The Bertz CT molecular complexity index is 553. The summed E-state index contributed by atoms with van der Waals surface area (Å²) in [6.07, 6.45) is 0. The van der Waals surface area contributed by atoms with Gasteiger partial charge in [-0.25, -0.2) is 9.78 Å². The number of aromatic nitrogens is 1. The number of carboxylic acids is 1. The number of carboxylic acid groups (broad SMARTS) is 1. The van der Waals surface area contributed by atoms with E-state index in [9.17, 15) is 4.79 Å². The van der Waals surface area contributed by atoms with Gasteiger partial charge in [0.15, 0.2) is 5.69 Å². The molecule has 6 heteroatoms. The first-order chi connectivity index (χ1) is 8.70. The minimum absolute atomic E-state index is 0.0443. The summed E-state index contributed by atoms with van der Waals surface area (Å²) in [6, 6.07) is 7.13. The van der Waals surface area contributed by atoms with E-state index in [1.54, 1.807) is 25.3 Å². The molecule has 94 valence electrons. The molecule has 0 fully saturated rings. The van der Waals surface area contributed by atoms with E-state index in [4.69, 9.17) is 14.6 Å². The van der Waals surface area contributed by atoms with E-state index in [0.717, 1.165) is 0 Å². The van der Waals surface area contributed by atoms with Gasteiger partial charge in [-0.2, -0.15) is 0 Å². The number of rotatable bonds is 5. The zero-order valence-corrected chi connectivity index (χ0v) is 10.4. The van der Waals surface area contributed by atoms with Crippen molar-refractivity contribution in [3.05, 3.63) is 40.3 Å². The molecule has 0 amide bonds. The van der Waals surface area contributed by atoms with Gasteiger partial charge in [0.05, 0.1) is 17.5 Å². The second-order valence-corrected chi connectivity index (χ2v) is 4.34. The normalized spacial score (nSPS) is 10.1. The number of carbonyl (C=O) groups is 1. The van der Waals surface area contributed by atoms with Crippen molar-refractivity contribution < 1.29 is 19.4 Å². The van der Waals surface area contributed by atoms with Gasteiger partial charge < -0.3 is 14.6 Å². The van der Waals surface area contributed by atoms with Gasteiger partial charge in [0.2, 0.25) is 0 Å². The molecule has 1 aromatic carbocycles. The largest absolute Gasteiger partial charge is 0.497 e. The Morgan fingerprint density at radius 2 is 2.22 bits per heavy atom. The fraction of sp³-hybridized carbons (Fsp3) is 0.167. The topological polar surface area (TPSA) is 68.7 Å². The van der Waals surface area contributed by atoms with Crippen LogP contribution >= 0.6 is 11.3 Å². The quantitative estimate of drug-likeness (QED) is 0.899. The van der Waals surface area contributed by atoms with Crippen LogP contribution in [0.5, 0.6) is 11.5 Å². The molecule has 1 aromatic heterocycles. The highest BCUT2D eigenvalue weighted by Gasteiger charge is 2.13. The summed E-state index contributed by atoms with van der Waals surface area (Å²) in [5.41, 5.74) is 1.54. The molecule has 0 radical (unpaired) electrons. The minimum Gasteiger partial charge on any atom is -0.497 e. The molecule has 0 saturated heterocycles. The molecule has 0 spiro atoms. The number of aromatic carboxylic acids is 1. The van der Waals surface area contributed by atoms with Crippen molar-refractivity contribution in [2.24, 2.45) is 0 Å². The van der Waals surface area contributed by atoms with E-state index in [1.807, 2.05) is 6.07 Å². The second kappa shape index (κ2) is 5.50. The van der Waals surface area contributed by atoms with Crippen molar-refractivity contribution in [2.75, 3.05) is 7.11 Å². The minimum atomic E-state index is -1.04. The van der Waals surface area contributed by atoms with E-state index >= 15 is 0 Å². The molecule has 2 rings (SSSR count). The van der Waals surface area contributed by atoms with Crippen LogP contribution in [-0.2, 0) is 6.61 Å². The average Bonchev–Trinajstić information content (AvgIpc) is 2.85. The Hall–Kier alpha value is -2.08. The highest BCUT2D eigenvalue weighted by atomic mass is 32.1. The fourth-order valence-corrected chi connectivity index (χ4v) is 2.05. The van der Waals surface area contributed by atoms with Crippen LogP contribution in [0.15, 0.2) is 29.8 Å². The number of hydrogen-bond donors (Lipinski definition) is 1. The van der Waals surface area contributed by atoms with Crippen LogP contribution in [0.1, 0.15) is 15.4 Å². The van der Waals surface area contributed by atoms with Crippen molar-refractivity contribution >= 4 is 17.3 Å². The van der Waals surface area contributed by atoms with E-state index in [2.05, 4.69) is 4.98 Å². The van der Waals surface area contributed by atoms with Crippen molar-refractivity contribution in [1.29, 1.82) is 0 Å². The third kappa shape index (κ3) is 2.78. The molecular formula is C12H11NO4S. The molecule has 0 bridgehead atoms. The van der Waals surface area contributed by atoms with Crippen LogP contribution in [0.3, 0.4) is 0 Å². The van der Waals surface area contributed by atoms with Gasteiger partial charge >= 0.3 is 5.97 Å². The molecule has 0 aliphatic carbocycles. The second-order valence-electron chi connectivity index (χ2n) is 3.40. The summed E-state index contributed by atoms with van der Waals surface area (Å²) in [6.45, 7) is 0.180. The van der Waals surface area contributed by atoms with Gasteiger partial charge in [0.1, 0.15) is 18.1 Å². The van der Waals surface area contributed by atoms with Crippen molar-refractivity contribution in [2.45, 2.75) is 6.61 Å². The Morgan fingerprint density at radius 1 is 1.44 bits per heavy atom. The van der Waals surface area contributed by atoms with E-state index in [0.29, 0.717) is 16.4 Å². The number of nitrogens with zero attached hydrogens (tertiary/aromatic N) is 1. The number of ether oxygens (including phenoxy) is 2. The van der Waals surface area contributed by atoms with Crippen molar-refractivity contribution in [3.63, 3.8) is 0 Å². The molecule has 0 aliphatic rings. The van der Waals surface area contributed by atoms with Crippen LogP contribution in [0.2, 0.25) is 0 Å². The Balaban J connectivity index is 2.06. The molecule has 1 heterocycles. The number of hydrogen-bond acceptors (Lipinski definition) is 5. The maximum absolute atomic E-state index is 10.9. The van der Waals surface area contributed by atoms with Crippen molar-refractivity contribution in [3.8, 4) is 11.5 Å². The summed E-state index contributed by atoms with van der Waals surface area (Å²) in [4.78, 5) is 15.2. The lowest BCUT2D eigenvalue weighted by Crippen LogP contribution is -2.03. The zero-order chi connectivity index (χ0) is 13.0. The van der Waals surface area contributed by atoms with E-state index in [-0.39, 0.29) is 12.3 Å². The number of benzene rings is 1. The lowest BCUT2D eigenvalue weighted by atomic mass is 10.3. The monoisotopic (exact) mass is 265 g/mol. The van der Waals surface area contributed by atoms with E-state index < -0.39 is 5.97 Å². The van der Waals surface area contributed by atoms with Crippen LogP contribution in [0.4, 0.5) is 0 Å². The Morgan fingerprint density at radius 3 is 2.94 bits per heavy atom. The molecule has 1 N–H and O–H groups in total. The number of thiazole rings is 1. The van der Waals surface area contributed by atoms with Crippen LogP contribution in [0, 0.1) is 0 Å². The lowest BCUT2D eigenvalue weighted by Gasteiger charge is -2.06. The SMILES string of the molecule is COc1cccc(OCc2scnc2C(=O)O)c1. The Kier molecular flexibility index (Phi) is 3.78. The molecule has 0 aliphatic heterocycles. The predicted octanol–water partition coefficient (Wildman–Crippen LogP) is 2.43. The van der Waals surface area contributed by atoms with Crippen LogP contribution in [0.25, 0.3) is 0 Å². The van der Waals surface area contributed by atoms with Crippen LogP contribution in [-0.4, -0.2) is 23.2 Å². The maximum atomic E-state index is 10.9. The molecule has 18 heavy (non-hydrogen) atoms. The molecule has 5 nitrogen and oxygen atoms in total. The summed E-state index contributed by atoms with van der Waals surface area (Å²) >= 11 is 1.26. The molecule has 2 aromatic rings. The van der Waals surface area contributed by atoms with Gasteiger partial charge in [0.25, 0.3) is 0 Å². The standard InChI is InChI=1S/C12H11NO4S/c1-16-8-3-2-4-9(5-8)17-6-10-11(12(14)15)13-7-18-10/h2-5,7H,6H2,1H3,(H,14,15). The summed E-state index contributed by atoms with van der Waals surface area (Å²) in [7, 11) is 1.57. The summed E-state index contributed by atoms with van der Waals surface area (Å²) < 4.78 is 10.6. The summed E-state index contributed by atoms with van der Waals surface area (Å²) in [5, 5.41) is 8.90. The third-order valence-corrected chi connectivity index (χ3v) is 3.06. The third-order valence-electron chi connectivity index (χ3n) is 2.25. The first kappa shape index (κ1) is 12.4.